The highest BCUT2D eigenvalue weighted by Crippen LogP contribution is 2.10. The quantitative estimate of drug-likeness (QED) is 0.248. The fraction of sp³-hybridized carbons (Fsp3) is 0.458. The molecule has 5 amide bonds. The number of nitrogens with zero attached hydrogens (tertiary/aromatic N) is 1. The van der Waals surface area contributed by atoms with Gasteiger partial charge >= 0.3 is 0 Å². The van der Waals surface area contributed by atoms with Crippen LogP contribution in [0.5, 0.6) is 0 Å². The molecule has 2 rings (SSSR count). The molecule has 1 heterocycles. The van der Waals surface area contributed by atoms with Crippen LogP contribution in [0.15, 0.2) is 36.4 Å². The maximum Gasteiger partial charge on any atom is 0.253 e. The molecule has 1 aliphatic rings. The lowest BCUT2D eigenvalue weighted by Gasteiger charge is -2.21. The number of hydrogen-bond donors (Lipinski definition) is 4. The summed E-state index contributed by atoms with van der Waals surface area (Å²) < 4.78 is 0. The monoisotopic (exact) mass is 472 g/mol. The topological polar surface area (TPSA) is 145 Å². The largest absolute Gasteiger partial charge is 0.392 e. The number of imide groups is 1. The van der Waals surface area contributed by atoms with E-state index in [4.69, 9.17) is 5.11 Å². The number of aliphatic hydroxyl groups is 1. The number of anilines is 1. The summed E-state index contributed by atoms with van der Waals surface area (Å²) in [4.78, 5) is 61.1. The van der Waals surface area contributed by atoms with Crippen molar-refractivity contribution in [1.82, 2.24) is 15.5 Å². The van der Waals surface area contributed by atoms with E-state index in [1.54, 1.807) is 38.1 Å². The van der Waals surface area contributed by atoms with Crippen LogP contribution in [-0.4, -0.2) is 58.7 Å². The third kappa shape index (κ3) is 8.43. The van der Waals surface area contributed by atoms with Gasteiger partial charge in [-0.25, -0.2) is 0 Å². The van der Waals surface area contributed by atoms with Gasteiger partial charge in [0.1, 0.15) is 6.04 Å². The van der Waals surface area contributed by atoms with E-state index in [2.05, 4.69) is 16.0 Å². The van der Waals surface area contributed by atoms with Gasteiger partial charge in [0.2, 0.25) is 17.7 Å². The molecule has 10 heteroatoms. The minimum Gasteiger partial charge on any atom is -0.392 e. The van der Waals surface area contributed by atoms with Gasteiger partial charge < -0.3 is 21.1 Å². The standard InChI is InChI=1S/C24H32N4O6/c1-16(2)23(24(34)25-14-20(31)26-18-9-7-17(15-29)8-10-18)27-19(30)6-4-3-5-13-28-21(32)11-12-22(28)33/h7-12,16,23,29H,3-6,13-15H2,1-2H3,(H,25,34)(H,26,31)(H,27,30)/t23-/m0/s1. The Labute approximate surface area is 198 Å². The second-order valence-corrected chi connectivity index (χ2v) is 8.38. The second kappa shape index (κ2) is 13.2. The first kappa shape index (κ1) is 26.7. The number of carbonyl (C=O) groups is 5. The van der Waals surface area contributed by atoms with E-state index >= 15 is 0 Å². The van der Waals surface area contributed by atoms with Crippen LogP contribution in [0, 0.1) is 5.92 Å². The average Bonchev–Trinajstić information content (AvgIpc) is 3.13. The minimum absolute atomic E-state index is 0.0923. The number of benzene rings is 1. The number of hydrogen-bond acceptors (Lipinski definition) is 6. The molecule has 0 aliphatic carbocycles. The molecular weight excluding hydrogens is 440 g/mol. The van der Waals surface area contributed by atoms with E-state index in [-0.39, 0.29) is 43.2 Å². The number of carbonyl (C=O) groups excluding carboxylic acids is 5. The van der Waals surface area contributed by atoms with Crippen molar-refractivity contribution in [3.8, 4) is 0 Å². The van der Waals surface area contributed by atoms with E-state index in [0.29, 0.717) is 31.5 Å². The smallest absolute Gasteiger partial charge is 0.253 e. The summed E-state index contributed by atoms with van der Waals surface area (Å²) in [5.74, 6) is -1.96. The molecule has 0 unspecified atom stereocenters. The normalized spacial score (nSPS) is 13.8. The first-order valence-corrected chi connectivity index (χ1v) is 11.3. The number of unbranched alkanes of at least 4 members (excludes halogenated alkanes) is 2. The molecule has 184 valence electrons. The summed E-state index contributed by atoms with van der Waals surface area (Å²) in [6.07, 6.45) is 4.50. The molecule has 1 aromatic carbocycles. The maximum absolute atomic E-state index is 12.5. The van der Waals surface area contributed by atoms with Gasteiger partial charge in [0, 0.05) is 30.8 Å². The van der Waals surface area contributed by atoms with Gasteiger partial charge in [0.25, 0.3) is 11.8 Å². The van der Waals surface area contributed by atoms with Crippen LogP contribution in [0.1, 0.15) is 45.1 Å². The van der Waals surface area contributed by atoms with Crippen molar-refractivity contribution >= 4 is 35.2 Å². The van der Waals surface area contributed by atoms with Crippen LogP contribution >= 0.6 is 0 Å². The number of aliphatic hydroxyl groups excluding tert-OH is 1. The molecule has 1 atom stereocenters. The summed E-state index contributed by atoms with van der Waals surface area (Å²) in [6.45, 7) is 3.57. The van der Waals surface area contributed by atoms with Gasteiger partial charge in [-0.15, -0.1) is 0 Å². The van der Waals surface area contributed by atoms with Gasteiger partial charge in [-0.2, -0.15) is 0 Å². The molecule has 0 fully saturated rings. The first-order valence-electron chi connectivity index (χ1n) is 11.3. The predicted molar refractivity (Wildman–Crippen MR) is 125 cm³/mol. The van der Waals surface area contributed by atoms with Crippen molar-refractivity contribution in [2.24, 2.45) is 5.92 Å². The molecule has 34 heavy (non-hydrogen) atoms. The molecule has 1 aliphatic heterocycles. The van der Waals surface area contributed by atoms with Crippen LogP contribution in [0.2, 0.25) is 0 Å². The molecule has 0 saturated carbocycles. The lowest BCUT2D eigenvalue weighted by Crippen LogP contribution is -2.51. The zero-order valence-corrected chi connectivity index (χ0v) is 19.5. The molecule has 10 nitrogen and oxygen atoms in total. The van der Waals surface area contributed by atoms with Gasteiger partial charge in [0.05, 0.1) is 13.2 Å². The van der Waals surface area contributed by atoms with Crippen molar-refractivity contribution in [1.29, 1.82) is 0 Å². The molecule has 0 bridgehead atoms. The average molecular weight is 473 g/mol. The van der Waals surface area contributed by atoms with Gasteiger partial charge in [0.15, 0.2) is 0 Å². The highest BCUT2D eigenvalue weighted by Gasteiger charge is 2.25. The van der Waals surface area contributed by atoms with Crippen molar-refractivity contribution in [2.75, 3.05) is 18.4 Å². The van der Waals surface area contributed by atoms with E-state index in [1.807, 2.05) is 0 Å². The fourth-order valence-electron chi connectivity index (χ4n) is 3.34. The van der Waals surface area contributed by atoms with E-state index in [1.165, 1.54) is 17.1 Å². The SMILES string of the molecule is CC(C)[C@H](NC(=O)CCCCCN1C(=O)C=CC1=O)C(=O)NCC(=O)Nc1ccc(CO)cc1. The second-order valence-electron chi connectivity index (χ2n) is 8.38. The van der Waals surface area contributed by atoms with Crippen molar-refractivity contribution in [3.05, 3.63) is 42.0 Å². The van der Waals surface area contributed by atoms with Gasteiger partial charge in [-0.3, -0.25) is 28.9 Å². The predicted octanol–water partition coefficient (Wildman–Crippen LogP) is 0.860. The Morgan fingerprint density at radius 1 is 0.941 bits per heavy atom. The molecule has 4 N–H and O–H groups in total. The number of amides is 5. The first-order chi connectivity index (χ1) is 16.2. The van der Waals surface area contributed by atoms with E-state index in [9.17, 15) is 24.0 Å². The Morgan fingerprint density at radius 3 is 2.18 bits per heavy atom. The lowest BCUT2D eigenvalue weighted by molar-refractivity contribution is -0.137. The summed E-state index contributed by atoms with van der Waals surface area (Å²) >= 11 is 0. The number of nitrogens with one attached hydrogen (secondary N) is 3. The summed E-state index contributed by atoms with van der Waals surface area (Å²) in [5.41, 5.74) is 1.26. The zero-order valence-electron chi connectivity index (χ0n) is 19.5. The Bertz CT molecular complexity index is 908. The van der Waals surface area contributed by atoms with Crippen LogP contribution in [0.25, 0.3) is 0 Å². The van der Waals surface area contributed by atoms with Crippen LogP contribution < -0.4 is 16.0 Å². The van der Waals surface area contributed by atoms with Crippen LogP contribution in [-0.2, 0) is 30.6 Å². The molecule has 0 radical (unpaired) electrons. The maximum atomic E-state index is 12.5. The highest BCUT2D eigenvalue weighted by molar-refractivity contribution is 6.12. The van der Waals surface area contributed by atoms with E-state index in [0.717, 1.165) is 5.56 Å². The highest BCUT2D eigenvalue weighted by atomic mass is 16.3. The molecule has 0 saturated heterocycles. The Morgan fingerprint density at radius 2 is 1.59 bits per heavy atom. The van der Waals surface area contributed by atoms with E-state index < -0.39 is 17.9 Å². The molecular formula is C24H32N4O6. The van der Waals surface area contributed by atoms with Crippen LogP contribution in [0.3, 0.4) is 0 Å². The van der Waals surface area contributed by atoms with Crippen molar-refractivity contribution < 1.29 is 29.1 Å². The Kier molecular flexibility index (Phi) is 10.4. The summed E-state index contributed by atoms with van der Waals surface area (Å²) in [7, 11) is 0. The lowest BCUT2D eigenvalue weighted by atomic mass is 10.0. The number of rotatable bonds is 13. The molecule has 0 spiro atoms. The fourth-order valence-corrected chi connectivity index (χ4v) is 3.34. The molecule has 1 aromatic rings. The zero-order chi connectivity index (χ0) is 25.1. The summed E-state index contributed by atoms with van der Waals surface area (Å²) in [5, 5.41) is 17.0. The van der Waals surface area contributed by atoms with Crippen molar-refractivity contribution in [2.45, 2.75) is 52.2 Å². The minimum atomic E-state index is -0.782. The van der Waals surface area contributed by atoms with Gasteiger partial charge in [-0.1, -0.05) is 32.4 Å². The third-order valence-corrected chi connectivity index (χ3v) is 5.30. The van der Waals surface area contributed by atoms with Crippen LogP contribution in [0.4, 0.5) is 5.69 Å². The summed E-state index contributed by atoms with van der Waals surface area (Å²) in [6, 6.07) is 5.89. The Balaban J connectivity index is 1.69. The third-order valence-electron chi connectivity index (χ3n) is 5.30. The van der Waals surface area contributed by atoms with Gasteiger partial charge in [-0.05, 0) is 36.5 Å². The van der Waals surface area contributed by atoms with Crippen molar-refractivity contribution in [3.63, 3.8) is 0 Å². The molecule has 0 aromatic heterocycles. The Hall–Kier alpha value is -3.53.